The van der Waals surface area contributed by atoms with Gasteiger partial charge in [-0.2, -0.15) is 0 Å². The summed E-state index contributed by atoms with van der Waals surface area (Å²) in [6.07, 6.45) is 5.00. The predicted octanol–water partition coefficient (Wildman–Crippen LogP) is 2.54. The Morgan fingerprint density at radius 1 is 1.53 bits per heavy atom. The molecule has 0 radical (unpaired) electrons. The second-order valence-corrected chi connectivity index (χ2v) is 4.42. The van der Waals surface area contributed by atoms with Crippen LogP contribution in [0.2, 0.25) is 5.15 Å². The normalized spacial score (nSPS) is 11.2. The summed E-state index contributed by atoms with van der Waals surface area (Å²) in [7, 11) is 1.78. The maximum Gasteiger partial charge on any atom is 0.251 e. The van der Waals surface area contributed by atoms with Crippen LogP contribution in [0.1, 0.15) is 18.9 Å². The van der Waals surface area contributed by atoms with Gasteiger partial charge in [0.25, 0.3) is 6.20 Å². The summed E-state index contributed by atoms with van der Waals surface area (Å²) in [5.74, 6) is 0. The van der Waals surface area contributed by atoms with E-state index in [0.29, 0.717) is 11.7 Å². The van der Waals surface area contributed by atoms with E-state index in [0.717, 1.165) is 24.7 Å². The second kappa shape index (κ2) is 7.70. The highest BCUT2D eigenvalue weighted by molar-refractivity contribution is 6.29. The molecule has 0 N–H and O–H groups in total. The molecular formula is C12H17ClN4O2. The van der Waals surface area contributed by atoms with E-state index in [1.165, 1.54) is 6.20 Å². The molecule has 7 heteroatoms. The van der Waals surface area contributed by atoms with E-state index in [9.17, 15) is 10.1 Å². The van der Waals surface area contributed by atoms with Crippen LogP contribution in [0, 0.1) is 10.1 Å². The van der Waals surface area contributed by atoms with Crippen LogP contribution >= 0.6 is 11.6 Å². The molecule has 0 aliphatic heterocycles. The molecule has 0 aliphatic rings. The number of halogens is 1. The molecule has 1 aromatic rings. The number of nitro groups is 1. The fourth-order valence-electron chi connectivity index (χ4n) is 1.56. The lowest BCUT2D eigenvalue weighted by Crippen LogP contribution is -2.36. The van der Waals surface area contributed by atoms with Crippen molar-refractivity contribution < 1.29 is 4.92 Å². The van der Waals surface area contributed by atoms with Crippen molar-refractivity contribution in [2.75, 3.05) is 13.6 Å². The molecule has 0 unspecified atom stereocenters. The first-order valence-electron chi connectivity index (χ1n) is 5.93. The molecule has 0 atom stereocenters. The number of aromatic nitrogens is 1. The molecule has 0 fully saturated rings. The molecule has 1 rings (SSSR count). The highest BCUT2D eigenvalue weighted by Crippen LogP contribution is 2.10. The van der Waals surface area contributed by atoms with Gasteiger partial charge < -0.3 is 5.01 Å². The lowest BCUT2D eigenvalue weighted by Gasteiger charge is -2.30. The Morgan fingerprint density at radius 2 is 2.26 bits per heavy atom. The molecule has 1 aromatic heterocycles. The van der Waals surface area contributed by atoms with Crippen molar-refractivity contribution >= 4 is 11.6 Å². The second-order valence-electron chi connectivity index (χ2n) is 4.03. The maximum absolute atomic E-state index is 10.3. The molecule has 19 heavy (non-hydrogen) atoms. The lowest BCUT2D eigenvalue weighted by molar-refractivity contribution is -0.403. The third-order valence-corrected chi connectivity index (χ3v) is 2.71. The van der Waals surface area contributed by atoms with Crippen LogP contribution in [0.4, 0.5) is 0 Å². The number of hydrazine groups is 1. The third-order valence-electron chi connectivity index (χ3n) is 2.49. The molecule has 104 valence electrons. The minimum absolute atomic E-state index is 0.451. The van der Waals surface area contributed by atoms with Crippen molar-refractivity contribution in [1.82, 2.24) is 15.0 Å². The highest BCUT2D eigenvalue weighted by atomic mass is 35.5. The Hall–Kier alpha value is -1.66. The van der Waals surface area contributed by atoms with Crippen molar-refractivity contribution in [3.63, 3.8) is 0 Å². The maximum atomic E-state index is 10.3. The van der Waals surface area contributed by atoms with Crippen LogP contribution in [0.15, 0.2) is 30.7 Å². The first-order chi connectivity index (χ1) is 9.02. The van der Waals surface area contributed by atoms with Crippen LogP contribution in [0.3, 0.4) is 0 Å². The number of pyridine rings is 1. The van der Waals surface area contributed by atoms with Gasteiger partial charge in [0.15, 0.2) is 0 Å². The minimum Gasteiger partial charge on any atom is -0.310 e. The van der Waals surface area contributed by atoms with Gasteiger partial charge in [0.2, 0.25) is 0 Å². The number of nitrogens with zero attached hydrogens (tertiary/aromatic N) is 4. The van der Waals surface area contributed by atoms with Crippen molar-refractivity contribution in [2.24, 2.45) is 0 Å². The summed E-state index contributed by atoms with van der Waals surface area (Å²) in [5.41, 5.74) is 0.999. The Morgan fingerprint density at radius 3 is 2.79 bits per heavy atom. The average Bonchev–Trinajstić information content (AvgIpc) is 2.38. The van der Waals surface area contributed by atoms with Gasteiger partial charge in [0.05, 0.1) is 11.1 Å². The first-order valence-corrected chi connectivity index (χ1v) is 6.30. The van der Waals surface area contributed by atoms with Gasteiger partial charge in [0.1, 0.15) is 5.15 Å². The Bertz CT molecular complexity index is 436. The summed E-state index contributed by atoms with van der Waals surface area (Å²) >= 11 is 5.74. The van der Waals surface area contributed by atoms with Gasteiger partial charge in [-0.25, -0.2) is 9.99 Å². The highest BCUT2D eigenvalue weighted by Gasteiger charge is 2.09. The van der Waals surface area contributed by atoms with Crippen LogP contribution in [0.25, 0.3) is 0 Å². The molecule has 1 heterocycles. The topological polar surface area (TPSA) is 62.5 Å². The summed E-state index contributed by atoms with van der Waals surface area (Å²) < 4.78 is 0. The third kappa shape index (κ3) is 5.67. The molecule has 0 bridgehead atoms. The smallest absolute Gasteiger partial charge is 0.251 e. The number of rotatable bonds is 7. The Balaban J connectivity index is 2.71. The zero-order valence-electron chi connectivity index (χ0n) is 11.0. The predicted molar refractivity (Wildman–Crippen MR) is 73.8 cm³/mol. The summed E-state index contributed by atoms with van der Waals surface area (Å²) in [6, 6.07) is 3.62. The van der Waals surface area contributed by atoms with E-state index in [1.807, 2.05) is 11.1 Å². The Labute approximate surface area is 117 Å². The van der Waals surface area contributed by atoms with Crippen molar-refractivity contribution in [2.45, 2.75) is 19.9 Å². The quantitative estimate of drug-likeness (QED) is 0.437. The van der Waals surface area contributed by atoms with Crippen molar-refractivity contribution in [1.29, 1.82) is 0 Å². The van der Waals surface area contributed by atoms with E-state index < -0.39 is 4.92 Å². The number of hydrogen-bond donors (Lipinski definition) is 0. The lowest BCUT2D eigenvalue weighted by atomic mass is 10.3. The van der Waals surface area contributed by atoms with Crippen LogP contribution in [-0.4, -0.2) is 33.5 Å². The molecule has 0 aromatic carbocycles. The fraction of sp³-hybridized carbons (Fsp3) is 0.417. The van der Waals surface area contributed by atoms with Gasteiger partial charge in [-0.15, -0.1) is 0 Å². The molecule has 0 amide bonds. The Kier molecular flexibility index (Phi) is 6.24. The SMILES string of the molecule is CCCN(Cc1ccc(Cl)nc1)N(C)C=C[N+](=O)[O-]. The first kappa shape index (κ1) is 15.4. The summed E-state index contributed by atoms with van der Waals surface area (Å²) in [6.45, 7) is 3.47. The molecule has 0 spiro atoms. The molecule has 0 saturated heterocycles. The molecule has 0 aliphatic carbocycles. The van der Waals surface area contributed by atoms with Gasteiger partial charge in [-0.1, -0.05) is 24.6 Å². The molecular weight excluding hydrogens is 268 g/mol. The number of hydrogen-bond acceptors (Lipinski definition) is 5. The van der Waals surface area contributed by atoms with Gasteiger partial charge in [-0.3, -0.25) is 10.1 Å². The van der Waals surface area contributed by atoms with Gasteiger partial charge >= 0.3 is 0 Å². The standard InChI is InChI=1S/C12H17ClN4O2/c1-3-6-16(15(2)7-8-17(18)19)10-11-4-5-12(13)14-9-11/h4-5,7-9H,3,6,10H2,1-2H3. The van der Waals surface area contributed by atoms with Crippen molar-refractivity contribution in [3.8, 4) is 0 Å². The van der Waals surface area contributed by atoms with E-state index in [4.69, 9.17) is 11.6 Å². The van der Waals surface area contributed by atoms with E-state index in [2.05, 4.69) is 11.9 Å². The molecule has 6 nitrogen and oxygen atoms in total. The minimum atomic E-state index is -0.482. The summed E-state index contributed by atoms with van der Waals surface area (Å²) in [5, 5.41) is 14.5. The molecule has 0 saturated carbocycles. The average molecular weight is 285 g/mol. The van der Waals surface area contributed by atoms with Crippen LogP contribution in [-0.2, 0) is 6.54 Å². The van der Waals surface area contributed by atoms with Crippen LogP contribution in [0.5, 0.6) is 0 Å². The fourth-order valence-corrected chi connectivity index (χ4v) is 1.67. The summed E-state index contributed by atoms with van der Waals surface area (Å²) in [4.78, 5) is 13.9. The largest absolute Gasteiger partial charge is 0.310 e. The van der Waals surface area contributed by atoms with E-state index in [-0.39, 0.29) is 0 Å². The zero-order chi connectivity index (χ0) is 14.3. The van der Waals surface area contributed by atoms with Crippen molar-refractivity contribution in [3.05, 3.63) is 51.6 Å². The van der Waals surface area contributed by atoms with E-state index >= 15 is 0 Å². The van der Waals surface area contributed by atoms with Gasteiger partial charge in [0, 0.05) is 26.3 Å². The zero-order valence-corrected chi connectivity index (χ0v) is 11.7. The van der Waals surface area contributed by atoms with Gasteiger partial charge in [-0.05, 0) is 18.1 Å². The van der Waals surface area contributed by atoms with E-state index in [1.54, 1.807) is 24.3 Å². The van der Waals surface area contributed by atoms with Crippen LogP contribution < -0.4 is 0 Å². The monoisotopic (exact) mass is 284 g/mol.